The van der Waals surface area contributed by atoms with E-state index in [0.29, 0.717) is 10.7 Å². The number of fused-ring (bicyclic) bond motifs is 1. The number of rotatable bonds is 4. The summed E-state index contributed by atoms with van der Waals surface area (Å²) in [5, 5.41) is 9.34. The van der Waals surface area contributed by atoms with E-state index in [4.69, 9.17) is 4.18 Å². The van der Waals surface area contributed by atoms with Crippen LogP contribution < -0.4 is 4.18 Å². The number of benzene rings is 2. The minimum atomic E-state index is -4.48. The summed E-state index contributed by atoms with van der Waals surface area (Å²) in [4.78, 5) is 28.5. The lowest BCUT2D eigenvalue weighted by atomic mass is 10.1. The minimum absolute atomic E-state index is 0.0216. The molecule has 0 saturated carbocycles. The van der Waals surface area contributed by atoms with Gasteiger partial charge in [-0.05, 0) is 29.2 Å². The average Bonchev–Trinajstić information content (AvgIpc) is 2.78. The van der Waals surface area contributed by atoms with Crippen LogP contribution in [0.15, 0.2) is 66.9 Å². The molecule has 0 aliphatic carbocycles. The Bertz CT molecular complexity index is 1370. The Kier molecular flexibility index (Phi) is 5.62. The second-order valence-electron chi connectivity index (χ2n) is 6.84. The highest BCUT2D eigenvalue weighted by molar-refractivity contribution is 7.85. The molecule has 8 nitrogen and oxygen atoms in total. The maximum absolute atomic E-state index is 13.0. The molecular weight excluding hydrogens is 432 g/mol. The van der Waals surface area contributed by atoms with Gasteiger partial charge in [0.1, 0.15) is 5.69 Å². The number of nitrogens with zero attached hydrogens (tertiary/aromatic N) is 2. The average molecular weight is 448 g/mol. The van der Waals surface area contributed by atoms with Crippen LogP contribution >= 0.6 is 0 Å². The van der Waals surface area contributed by atoms with Crippen molar-refractivity contribution in [1.29, 1.82) is 0 Å². The first kappa shape index (κ1) is 21.1. The molecule has 0 atom stereocenters. The molecule has 1 aliphatic heterocycles. The number of amides is 1. The Morgan fingerprint density at radius 1 is 1.09 bits per heavy atom. The van der Waals surface area contributed by atoms with Crippen LogP contribution in [0, 0.1) is 11.8 Å². The first-order chi connectivity index (χ1) is 15.3. The van der Waals surface area contributed by atoms with Gasteiger partial charge in [0.25, 0.3) is 5.91 Å². The molecule has 2 aromatic carbocycles. The van der Waals surface area contributed by atoms with Crippen LogP contribution in [0.2, 0.25) is 0 Å². The summed E-state index contributed by atoms with van der Waals surface area (Å²) >= 11 is 0. The van der Waals surface area contributed by atoms with Crippen molar-refractivity contribution in [3.05, 3.63) is 94.8 Å². The van der Waals surface area contributed by atoms with Gasteiger partial charge in [-0.25, -0.2) is 9.78 Å². The van der Waals surface area contributed by atoms with Gasteiger partial charge in [-0.1, -0.05) is 54.5 Å². The molecule has 1 amide bonds. The zero-order valence-electron chi connectivity index (χ0n) is 16.6. The Labute approximate surface area is 184 Å². The van der Waals surface area contributed by atoms with E-state index < -0.39 is 28.7 Å². The third kappa shape index (κ3) is 4.31. The lowest BCUT2D eigenvalue weighted by molar-refractivity contribution is 0.0690. The van der Waals surface area contributed by atoms with E-state index >= 15 is 0 Å². The van der Waals surface area contributed by atoms with Gasteiger partial charge in [0.15, 0.2) is 5.75 Å². The molecule has 160 valence electrons. The Morgan fingerprint density at radius 2 is 1.81 bits per heavy atom. The topological polar surface area (TPSA) is 114 Å². The summed E-state index contributed by atoms with van der Waals surface area (Å²) in [5.74, 6) is 3.54. The van der Waals surface area contributed by atoms with Crippen molar-refractivity contribution in [2.75, 3.05) is 0 Å². The SMILES string of the molecule is O=C(O)c1ccccc1CN1C(=O)c2cc(C#CCc3ccccc3)ncc2OS1(=O)=O. The highest BCUT2D eigenvalue weighted by Gasteiger charge is 2.39. The number of carbonyl (C=O) groups excluding carboxylic acids is 1. The number of aromatic carboxylic acids is 1. The minimum Gasteiger partial charge on any atom is -0.478 e. The molecule has 0 unspecified atom stereocenters. The molecule has 2 heterocycles. The normalized spacial score (nSPS) is 14.0. The standard InChI is InChI=1S/C23H16N2O6S/c26-22-20-13-18(11-6-9-16-7-2-1-3-8-16)24-14-21(20)31-32(29,30)25(22)15-17-10-4-5-12-19(17)23(27)28/h1-5,7-8,10,12-14H,9,15H2,(H,27,28). The van der Waals surface area contributed by atoms with Gasteiger partial charge in [0.05, 0.1) is 23.9 Å². The monoisotopic (exact) mass is 448 g/mol. The van der Waals surface area contributed by atoms with Crippen molar-refractivity contribution in [2.24, 2.45) is 0 Å². The quantitative estimate of drug-likeness (QED) is 0.611. The molecule has 0 bridgehead atoms. The van der Waals surface area contributed by atoms with Crippen LogP contribution in [0.3, 0.4) is 0 Å². The fourth-order valence-electron chi connectivity index (χ4n) is 3.14. The molecule has 4 rings (SSSR count). The van der Waals surface area contributed by atoms with Crippen LogP contribution in [-0.2, 0) is 23.3 Å². The van der Waals surface area contributed by atoms with Crippen molar-refractivity contribution in [3.8, 4) is 17.6 Å². The van der Waals surface area contributed by atoms with Crippen molar-refractivity contribution in [1.82, 2.24) is 9.29 Å². The lowest BCUT2D eigenvalue weighted by Crippen LogP contribution is -2.43. The van der Waals surface area contributed by atoms with Crippen molar-refractivity contribution < 1.29 is 27.3 Å². The smallest absolute Gasteiger partial charge is 0.412 e. The molecule has 1 aromatic heterocycles. The van der Waals surface area contributed by atoms with E-state index in [1.54, 1.807) is 6.07 Å². The number of carboxylic acid groups (broad SMARTS) is 1. The third-order valence-corrected chi connectivity index (χ3v) is 5.93. The predicted molar refractivity (Wildman–Crippen MR) is 114 cm³/mol. The van der Waals surface area contributed by atoms with Crippen LogP contribution in [-0.4, -0.2) is 34.7 Å². The number of carbonyl (C=O) groups is 2. The fraction of sp³-hybridized carbons (Fsp3) is 0.0870. The van der Waals surface area contributed by atoms with Crippen LogP contribution in [0.4, 0.5) is 0 Å². The van der Waals surface area contributed by atoms with E-state index in [2.05, 4.69) is 16.8 Å². The first-order valence-electron chi connectivity index (χ1n) is 9.45. The fourth-order valence-corrected chi connectivity index (χ4v) is 4.19. The summed E-state index contributed by atoms with van der Waals surface area (Å²) in [7, 11) is -4.48. The van der Waals surface area contributed by atoms with E-state index in [1.165, 1.54) is 24.3 Å². The summed E-state index contributed by atoms with van der Waals surface area (Å²) < 4.78 is 30.6. The van der Waals surface area contributed by atoms with E-state index in [-0.39, 0.29) is 28.1 Å². The zero-order chi connectivity index (χ0) is 22.7. The molecule has 0 radical (unpaired) electrons. The maximum Gasteiger partial charge on any atom is 0.412 e. The van der Waals surface area contributed by atoms with E-state index in [1.807, 2.05) is 30.3 Å². The molecule has 9 heteroatoms. The molecular formula is C23H16N2O6S. The zero-order valence-corrected chi connectivity index (χ0v) is 17.4. The van der Waals surface area contributed by atoms with Gasteiger partial charge in [-0.15, -0.1) is 0 Å². The van der Waals surface area contributed by atoms with Gasteiger partial charge in [0, 0.05) is 6.42 Å². The molecule has 32 heavy (non-hydrogen) atoms. The Morgan fingerprint density at radius 3 is 2.56 bits per heavy atom. The van der Waals surface area contributed by atoms with Gasteiger partial charge in [-0.2, -0.15) is 12.7 Å². The second-order valence-corrected chi connectivity index (χ2v) is 8.31. The van der Waals surface area contributed by atoms with Crippen LogP contribution in [0.1, 0.15) is 37.5 Å². The molecule has 0 spiro atoms. The first-order valence-corrected chi connectivity index (χ1v) is 10.8. The molecule has 1 aliphatic rings. The molecule has 0 saturated heterocycles. The predicted octanol–water partition coefficient (Wildman–Crippen LogP) is 2.65. The molecule has 3 aromatic rings. The lowest BCUT2D eigenvalue weighted by Gasteiger charge is -2.27. The summed E-state index contributed by atoms with van der Waals surface area (Å²) in [6.07, 6.45) is 1.62. The Hall–Kier alpha value is -4.16. The summed E-state index contributed by atoms with van der Waals surface area (Å²) in [6.45, 7) is -0.486. The third-order valence-electron chi connectivity index (χ3n) is 4.70. The number of carboxylic acids is 1. The van der Waals surface area contributed by atoms with Gasteiger partial charge < -0.3 is 9.29 Å². The summed E-state index contributed by atoms with van der Waals surface area (Å²) in [5.41, 5.74) is 1.32. The second kappa shape index (κ2) is 8.53. The largest absolute Gasteiger partial charge is 0.478 e. The molecule has 0 fully saturated rings. The number of aromatic nitrogens is 1. The van der Waals surface area contributed by atoms with Crippen molar-refractivity contribution in [3.63, 3.8) is 0 Å². The number of hydrogen-bond acceptors (Lipinski definition) is 6. The summed E-state index contributed by atoms with van der Waals surface area (Å²) in [6, 6.07) is 16.8. The van der Waals surface area contributed by atoms with E-state index in [9.17, 15) is 23.1 Å². The van der Waals surface area contributed by atoms with Gasteiger partial charge in [-0.3, -0.25) is 4.79 Å². The van der Waals surface area contributed by atoms with Crippen molar-refractivity contribution in [2.45, 2.75) is 13.0 Å². The van der Waals surface area contributed by atoms with Crippen LogP contribution in [0.5, 0.6) is 5.75 Å². The number of hydrogen-bond donors (Lipinski definition) is 1. The highest BCUT2D eigenvalue weighted by Crippen LogP contribution is 2.30. The highest BCUT2D eigenvalue weighted by atomic mass is 32.2. The molecule has 1 N–H and O–H groups in total. The van der Waals surface area contributed by atoms with Gasteiger partial charge >= 0.3 is 16.3 Å². The maximum atomic E-state index is 13.0. The Balaban J connectivity index is 1.63. The van der Waals surface area contributed by atoms with Gasteiger partial charge in [0.2, 0.25) is 0 Å². The van der Waals surface area contributed by atoms with E-state index in [0.717, 1.165) is 11.8 Å². The number of pyridine rings is 1. The van der Waals surface area contributed by atoms with Crippen LogP contribution in [0.25, 0.3) is 0 Å². The van der Waals surface area contributed by atoms with Crippen molar-refractivity contribution >= 4 is 22.2 Å².